The number of para-hydroxylation sites is 2. The van der Waals surface area contributed by atoms with Crippen LogP contribution in [-0.2, 0) is 14.3 Å². The summed E-state index contributed by atoms with van der Waals surface area (Å²) in [5, 5.41) is 4.89. The minimum atomic E-state index is -0.821. The minimum Gasteiger partial charge on any atom is -0.477 e. The fraction of sp³-hybridized carbons (Fsp3) is 0.438. The number of ether oxygens (including phenoxy) is 2. The molecule has 1 heterocycles. The van der Waals surface area contributed by atoms with Crippen LogP contribution >= 0.6 is 0 Å². The van der Waals surface area contributed by atoms with E-state index in [1.165, 1.54) is 7.11 Å². The van der Waals surface area contributed by atoms with Crippen molar-refractivity contribution in [1.82, 2.24) is 10.6 Å². The van der Waals surface area contributed by atoms with Gasteiger partial charge in [-0.15, -0.1) is 0 Å². The van der Waals surface area contributed by atoms with Crippen LogP contribution in [0.4, 0.5) is 10.5 Å². The average Bonchev–Trinajstić information content (AvgIpc) is 2.59. The number of imide groups is 1. The monoisotopic (exact) mass is 335 g/mol. The number of anilines is 1. The van der Waals surface area contributed by atoms with Crippen LogP contribution in [0, 0.1) is 0 Å². The van der Waals surface area contributed by atoms with E-state index in [-0.39, 0.29) is 19.0 Å². The Morgan fingerprint density at radius 2 is 2.08 bits per heavy atom. The highest BCUT2D eigenvalue weighted by atomic mass is 16.5. The third kappa shape index (κ3) is 4.37. The highest BCUT2D eigenvalue weighted by Crippen LogP contribution is 2.32. The zero-order chi connectivity index (χ0) is 17.5. The van der Waals surface area contributed by atoms with Gasteiger partial charge in [0.2, 0.25) is 5.91 Å². The van der Waals surface area contributed by atoms with E-state index in [1.54, 1.807) is 23.1 Å². The van der Waals surface area contributed by atoms with Crippen molar-refractivity contribution in [1.29, 1.82) is 0 Å². The molecule has 0 aromatic heterocycles. The van der Waals surface area contributed by atoms with Gasteiger partial charge in [0.05, 0.1) is 25.9 Å². The fourth-order valence-electron chi connectivity index (χ4n) is 2.33. The van der Waals surface area contributed by atoms with E-state index in [0.717, 1.165) is 6.42 Å². The number of nitrogens with one attached hydrogen (secondary N) is 2. The molecule has 8 heteroatoms. The maximum absolute atomic E-state index is 12.2. The Morgan fingerprint density at radius 1 is 1.33 bits per heavy atom. The summed E-state index contributed by atoms with van der Waals surface area (Å²) in [4.78, 5) is 37.0. The predicted octanol–water partition coefficient (Wildman–Crippen LogP) is 0.663. The number of amides is 3. The number of hydrogen-bond acceptors (Lipinski definition) is 6. The second-order valence-electron chi connectivity index (χ2n) is 5.29. The van der Waals surface area contributed by atoms with Crippen molar-refractivity contribution in [3.05, 3.63) is 24.3 Å². The van der Waals surface area contributed by atoms with Crippen LogP contribution in [0.3, 0.4) is 0 Å². The number of hydrogen-bond donors (Lipinski definition) is 2. The van der Waals surface area contributed by atoms with Crippen molar-refractivity contribution in [3.63, 3.8) is 0 Å². The van der Waals surface area contributed by atoms with Crippen LogP contribution in [0.15, 0.2) is 24.3 Å². The van der Waals surface area contributed by atoms with Crippen molar-refractivity contribution in [3.8, 4) is 5.75 Å². The van der Waals surface area contributed by atoms with E-state index in [2.05, 4.69) is 15.4 Å². The van der Waals surface area contributed by atoms with Gasteiger partial charge in [-0.25, -0.2) is 4.79 Å². The van der Waals surface area contributed by atoms with Gasteiger partial charge in [-0.2, -0.15) is 0 Å². The maximum atomic E-state index is 12.2. The molecule has 0 bridgehead atoms. The molecule has 1 aromatic rings. The van der Waals surface area contributed by atoms with Gasteiger partial charge in [0, 0.05) is 6.54 Å². The van der Waals surface area contributed by atoms with Gasteiger partial charge in [0.15, 0.2) is 6.10 Å². The van der Waals surface area contributed by atoms with Crippen LogP contribution in [0.5, 0.6) is 5.75 Å². The van der Waals surface area contributed by atoms with Gasteiger partial charge < -0.3 is 19.7 Å². The van der Waals surface area contributed by atoms with Crippen molar-refractivity contribution in [2.24, 2.45) is 0 Å². The Bertz CT molecular complexity index is 619. The number of alkyl carbamates (subject to hydrolysis) is 1. The highest BCUT2D eigenvalue weighted by Gasteiger charge is 2.31. The van der Waals surface area contributed by atoms with E-state index < -0.39 is 18.1 Å². The van der Waals surface area contributed by atoms with Crippen LogP contribution in [0.2, 0.25) is 0 Å². The first kappa shape index (κ1) is 17.6. The third-order valence-electron chi connectivity index (χ3n) is 3.46. The lowest BCUT2D eigenvalue weighted by atomic mass is 10.1. The number of nitrogens with zero attached hydrogens (tertiary/aromatic N) is 1. The van der Waals surface area contributed by atoms with Crippen LogP contribution < -0.4 is 20.3 Å². The number of carbonyl (C=O) groups is 3. The molecule has 1 atom stereocenters. The summed E-state index contributed by atoms with van der Waals surface area (Å²) in [6, 6.07) is 7.13. The van der Waals surface area contributed by atoms with E-state index in [4.69, 9.17) is 4.74 Å². The van der Waals surface area contributed by atoms with E-state index in [1.807, 2.05) is 13.0 Å². The van der Waals surface area contributed by atoms with Gasteiger partial charge in [-0.3, -0.25) is 14.9 Å². The van der Waals surface area contributed by atoms with E-state index in [0.29, 0.717) is 18.0 Å². The lowest BCUT2D eigenvalue weighted by Crippen LogP contribution is -2.51. The Morgan fingerprint density at radius 3 is 2.79 bits per heavy atom. The average molecular weight is 335 g/mol. The number of carbonyl (C=O) groups excluding carboxylic acids is 3. The molecule has 1 aliphatic heterocycles. The van der Waals surface area contributed by atoms with Crippen LogP contribution in [0.1, 0.15) is 13.3 Å². The SMILES string of the molecule is CCCNC(=O)[C@@H]1CN(CC(=O)NC(=O)OC)c2ccccc2O1. The molecule has 2 N–H and O–H groups in total. The zero-order valence-electron chi connectivity index (χ0n) is 13.7. The second kappa shape index (κ2) is 8.19. The second-order valence-corrected chi connectivity index (χ2v) is 5.29. The van der Waals surface area contributed by atoms with Crippen molar-refractivity contribution < 1.29 is 23.9 Å². The molecule has 3 amide bonds. The van der Waals surface area contributed by atoms with E-state index in [9.17, 15) is 14.4 Å². The number of rotatable bonds is 5. The molecule has 0 fully saturated rings. The van der Waals surface area contributed by atoms with Gasteiger partial charge in [0.25, 0.3) is 5.91 Å². The minimum absolute atomic E-state index is 0.0902. The molecule has 0 unspecified atom stereocenters. The summed E-state index contributed by atoms with van der Waals surface area (Å²) in [5.41, 5.74) is 0.692. The molecular formula is C16H21N3O5. The number of benzene rings is 1. The maximum Gasteiger partial charge on any atom is 0.413 e. The Balaban J connectivity index is 2.12. The largest absolute Gasteiger partial charge is 0.477 e. The standard InChI is InChI=1S/C16H21N3O5/c1-3-8-17-15(21)13-9-19(10-14(20)18-16(22)23-2)11-6-4-5-7-12(11)24-13/h4-7,13H,3,8-10H2,1-2H3,(H,17,21)(H,18,20,22)/t13-/m0/s1. The summed E-state index contributed by atoms with van der Waals surface area (Å²) in [7, 11) is 1.18. The first-order valence-corrected chi connectivity index (χ1v) is 7.71. The molecule has 2 rings (SSSR count). The van der Waals surface area contributed by atoms with Gasteiger partial charge in [-0.05, 0) is 18.6 Å². The Kier molecular flexibility index (Phi) is 6.00. The molecule has 1 aromatic carbocycles. The van der Waals surface area contributed by atoms with Gasteiger partial charge in [-0.1, -0.05) is 19.1 Å². The smallest absolute Gasteiger partial charge is 0.413 e. The van der Waals surface area contributed by atoms with Crippen molar-refractivity contribution in [2.75, 3.05) is 31.6 Å². The molecule has 130 valence electrons. The fourth-order valence-corrected chi connectivity index (χ4v) is 2.33. The normalized spacial score (nSPS) is 15.8. The Hall–Kier alpha value is -2.77. The summed E-state index contributed by atoms with van der Waals surface area (Å²) in [6.45, 7) is 2.64. The summed E-state index contributed by atoms with van der Waals surface area (Å²) in [6.07, 6.45) is -0.725. The first-order valence-electron chi connectivity index (χ1n) is 7.71. The van der Waals surface area contributed by atoms with Crippen LogP contribution in [-0.4, -0.2) is 50.8 Å². The van der Waals surface area contributed by atoms with Crippen molar-refractivity contribution >= 4 is 23.6 Å². The lowest BCUT2D eigenvalue weighted by molar-refractivity contribution is -0.128. The predicted molar refractivity (Wildman–Crippen MR) is 86.9 cm³/mol. The molecule has 0 saturated heterocycles. The molecular weight excluding hydrogens is 314 g/mol. The van der Waals surface area contributed by atoms with E-state index >= 15 is 0 Å². The number of fused-ring (bicyclic) bond motifs is 1. The topological polar surface area (TPSA) is 97.0 Å². The molecule has 24 heavy (non-hydrogen) atoms. The van der Waals surface area contributed by atoms with Gasteiger partial charge >= 0.3 is 6.09 Å². The lowest BCUT2D eigenvalue weighted by Gasteiger charge is -2.35. The van der Waals surface area contributed by atoms with Crippen LogP contribution in [0.25, 0.3) is 0 Å². The zero-order valence-corrected chi connectivity index (χ0v) is 13.7. The molecule has 1 aliphatic rings. The summed E-state index contributed by atoms with van der Waals surface area (Å²) >= 11 is 0. The molecule has 0 radical (unpaired) electrons. The number of methoxy groups -OCH3 is 1. The highest BCUT2D eigenvalue weighted by molar-refractivity contribution is 5.94. The summed E-state index contributed by atoms with van der Waals surface area (Å²) < 4.78 is 10.1. The Labute approximate surface area is 140 Å². The quantitative estimate of drug-likeness (QED) is 0.821. The molecule has 8 nitrogen and oxygen atoms in total. The molecule has 0 saturated carbocycles. The first-order chi connectivity index (χ1) is 11.5. The molecule has 0 aliphatic carbocycles. The molecule has 0 spiro atoms. The summed E-state index contributed by atoms with van der Waals surface area (Å²) in [5.74, 6) is -0.234. The van der Waals surface area contributed by atoms with Crippen molar-refractivity contribution in [2.45, 2.75) is 19.4 Å². The van der Waals surface area contributed by atoms with Gasteiger partial charge in [0.1, 0.15) is 5.75 Å². The third-order valence-corrected chi connectivity index (χ3v) is 3.46.